The van der Waals surface area contributed by atoms with Crippen molar-refractivity contribution in [2.45, 2.75) is 31.7 Å². The van der Waals surface area contributed by atoms with Gasteiger partial charge in [-0.05, 0) is 36.8 Å². The van der Waals surface area contributed by atoms with Crippen LogP contribution < -0.4 is 5.32 Å². The molecule has 0 fully saturated rings. The Bertz CT molecular complexity index is 1110. The number of hydrogen-bond acceptors (Lipinski definition) is 5. The van der Waals surface area contributed by atoms with E-state index in [2.05, 4.69) is 10.3 Å². The maximum Gasteiger partial charge on any atom is 0.244 e. The Labute approximate surface area is 176 Å². The Kier molecular flexibility index (Phi) is 6.69. The highest BCUT2D eigenvalue weighted by Crippen LogP contribution is 2.20. The highest BCUT2D eigenvalue weighted by Gasteiger charge is 2.21. The highest BCUT2D eigenvalue weighted by atomic mass is 32.2. The molecule has 0 bridgehead atoms. The average Bonchev–Trinajstić information content (AvgIpc) is 3.16. The highest BCUT2D eigenvalue weighted by molar-refractivity contribution is 7.89. The second-order valence-corrected chi connectivity index (χ2v) is 8.68. The van der Waals surface area contributed by atoms with Gasteiger partial charge < -0.3 is 9.73 Å². The van der Waals surface area contributed by atoms with Crippen LogP contribution in [0.2, 0.25) is 0 Å². The molecule has 0 aliphatic heterocycles. The quantitative estimate of drug-likeness (QED) is 0.553. The molecule has 0 saturated carbocycles. The lowest BCUT2D eigenvalue weighted by molar-refractivity contribution is -0.117. The summed E-state index contributed by atoms with van der Waals surface area (Å²) < 4.78 is 32.1. The number of nitrogens with zero attached hydrogens (tertiary/aromatic N) is 2. The molecular weight excluding hydrogens is 402 g/mol. The fraction of sp³-hybridized carbons (Fsp3) is 0.273. The van der Waals surface area contributed by atoms with E-state index in [1.807, 2.05) is 31.2 Å². The van der Waals surface area contributed by atoms with Gasteiger partial charge in [0.2, 0.25) is 21.8 Å². The smallest absolute Gasteiger partial charge is 0.244 e. The number of rotatable bonds is 8. The number of sulfonamides is 1. The third kappa shape index (κ3) is 4.77. The van der Waals surface area contributed by atoms with Gasteiger partial charge >= 0.3 is 0 Å². The van der Waals surface area contributed by atoms with Crippen molar-refractivity contribution in [2.24, 2.45) is 0 Å². The second kappa shape index (κ2) is 9.23. The van der Waals surface area contributed by atoms with Crippen molar-refractivity contribution < 1.29 is 17.6 Å². The standard InChI is InChI=1S/C22H25N3O4S/c1-4-25(5-2)30(27,28)18-12-10-17(11-13-18)16(3)23-21(26)14-15-22-24-19-8-6-7-9-20(19)29-22/h6-16H,4-5H2,1-3H3,(H,23,26)/b15-14+. The van der Waals surface area contributed by atoms with E-state index in [-0.39, 0.29) is 16.8 Å². The number of hydrogen-bond donors (Lipinski definition) is 1. The maximum atomic E-state index is 12.6. The zero-order valence-corrected chi connectivity index (χ0v) is 18.0. The number of carbonyl (C=O) groups excluding carboxylic acids is 1. The lowest BCUT2D eigenvalue weighted by Gasteiger charge is -2.19. The molecule has 0 aliphatic rings. The van der Waals surface area contributed by atoms with E-state index in [9.17, 15) is 13.2 Å². The fourth-order valence-electron chi connectivity index (χ4n) is 3.09. The van der Waals surface area contributed by atoms with Gasteiger partial charge in [0, 0.05) is 25.2 Å². The van der Waals surface area contributed by atoms with Crippen LogP contribution in [0.15, 0.2) is 63.9 Å². The molecule has 8 heteroatoms. The molecule has 3 rings (SSSR count). The molecule has 0 saturated heterocycles. The van der Waals surface area contributed by atoms with Crippen molar-refractivity contribution in [2.75, 3.05) is 13.1 Å². The number of amides is 1. The SMILES string of the molecule is CCN(CC)S(=O)(=O)c1ccc(C(C)NC(=O)/C=C/c2nc3ccccc3o2)cc1. The minimum absolute atomic E-state index is 0.240. The normalized spacial score (nSPS) is 13.2. The van der Waals surface area contributed by atoms with E-state index in [0.29, 0.717) is 24.6 Å². The van der Waals surface area contributed by atoms with E-state index < -0.39 is 10.0 Å². The molecule has 158 valence electrons. The molecule has 0 spiro atoms. The first-order valence-corrected chi connectivity index (χ1v) is 11.2. The summed E-state index contributed by atoms with van der Waals surface area (Å²) in [6.45, 7) is 6.28. The number of oxazole rings is 1. The van der Waals surface area contributed by atoms with E-state index in [1.54, 1.807) is 38.1 Å². The van der Waals surface area contributed by atoms with Gasteiger partial charge in [0.15, 0.2) is 5.58 Å². The Morgan fingerprint density at radius 1 is 1.13 bits per heavy atom. The number of benzene rings is 2. The number of para-hydroxylation sites is 2. The van der Waals surface area contributed by atoms with Crippen LogP contribution in [0.3, 0.4) is 0 Å². The number of nitrogens with one attached hydrogen (secondary N) is 1. The fourth-order valence-corrected chi connectivity index (χ4v) is 4.55. The number of aromatic nitrogens is 1. The summed E-state index contributed by atoms with van der Waals surface area (Å²) in [7, 11) is -3.50. The van der Waals surface area contributed by atoms with E-state index in [0.717, 1.165) is 11.1 Å². The van der Waals surface area contributed by atoms with Crippen LogP contribution in [0.4, 0.5) is 0 Å². The van der Waals surface area contributed by atoms with Crippen LogP contribution in [0.25, 0.3) is 17.2 Å². The molecule has 0 aliphatic carbocycles. The van der Waals surface area contributed by atoms with Crippen molar-refractivity contribution >= 4 is 33.1 Å². The first kappa shape index (κ1) is 21.7. The van der Waals surface area contributed by atoms with Gasteiger partial charge in [0.05, 0.1) is 10.9 Å². The topological polar surface area (TPSA) is 92.5 Å². The van der Waals surface area contributed by atoms with E-state index in [4.69, 9.17) is 4.42 Å². The minimum Gasteiger partial charge on any atom is -0.437 e. The summed E-state index contributed by atoms with van der Waals surface area (Å²) in [5.74, 6) is 0.0505. The predicted molar refractivity (Wildman–Crippen MR) is 116 cm³/mol. The molecule has 7 nitrogen and oxygen atoms in total. The molecule has 1 amide bonds. The zero-order valence-electron chi connectivity index (χ0n) is 17.2. The van der Waals surface area contributed by atoms with Crippen molar-refractivity contribution in [3.8, 4) is 0 Å². The maximum absolute atomic E-state index is 12.6. The van der Waals surface area contributed by atoms with Gasteiger partial charge in [-0.1, -0.05) is 38.1 Å². The van der Waals surface area contributed by atoms with Crippen LogP contribution in [0.1, 0.15) is 38.3 Å². The summed E-state index contributed by atoms with van der Waals surface area (Å²) >= 11 is 0. The monoisotopic (exact) mass is 427 g/mol. The molecule has 1 aromatic heterocycles. The summed E-state index contributed by atoms with van der Waals surface area (Å²) in [4.78, 5) is 16.8. The Hall–Kier alpha value is -2.97. The Balaban J connectivity index is 1.65. The van der Waals surface area contributed by atoms with Crippen molar-refractivity contribution in [1.29, 1.82) is 0 Å². The van der Waals surface area contributed by atoms with Crippen molar-refractivity contribution in [1.82, 2.24) is 14.6 Å². The largest absolute Gasteiger partial charge is 0.437 e. The van der Waals surface area contributed by atoms with Gasteiger partial charge in [0.25, 0.3) is 0 Å². The lowest BCUT2D eigenvalue weighted by atomic mass is 10.1. The van der Waals surface area contributed by atoms with Gasteiger partial charge in [-0.25, -0.2) is 13.4 Å². The molecule has 1 unspecified atom stereocenters. The van der Waals surface area contributed by atoms with E-state index in [1.165, 1.54) is 16.5 Å². The Morgan fingerprint density at radius 2 is 1.80 bits per heavy atom. The van der Waals surface area contributed by atoms with Gasteiger partial charge in [-0.2, -0.15) is 4.31 Å². The van der Waals surface area contributed by atoms with E-state index >= 15 is 0 Å². The van der Waals surface area contributed by atoms with Crippen molar-refractivity contribution in [3.63, 3.8) is 0 Å². The Morgan fingerprint density at radius 3 is 2.43 bits per heavy atom. The molecular formula is C22H25N3O4S. The third-order valence-electron chi connectivity index (χ3n) is 4.77. The molecule has 1 heterocycles. The molecule has 2 aromatic carbocycles. The van der Waals surface area contributed by atoms with Gasteiger partial charge in [0.1, 0.15) is 5.52 Å². The lowest BCUT2D eigenvalue weighted by Crippen LogP contribution is -2.30. The molecule has 3 aromatic rings. The van der Waals surface area contributed by atoms with Gasteiger partial charge in [-0.15, -0.1) is 0 Å². The summed E-state index contributed by atoms with van der Waals surface area (Å²) in [6, 6.07) is 13.6. The molecule has 30 heavy (non-hydrogen) atoms. The number of fused-ring (bicyclic) bond motifs is 1. The number of carbonyl (C=O) groups is 1. The van der Waals surface area contributed by atoms with Gasteiger partial charge in [-0.3, -0.25) is 4.79 Å². The van der Waals surface area contributed by atoms with Crippen LogP contribution in [0.5, 0.6) is 0 Å². The summed E-state index contributed by atoms with van der Waals surface area (Å²) in [6.07, 6.45) is 2.88. The van der Waals surface area contributed by atoms with Crippen molar-refractivity contribution in [3.05, 3.63) is 66.1 Å². The molecule has 0 radical (unpaired) electrons. The third-order valence-corrected chi connectivity index (χ3v) is 6.83. The second-order valence-electron chi connectivity index (χ2n) is 6.74. The molecule has 1 N–H and O–H groups in total. The first-order valence-electron chi connectivity index (χ1n) is 9.79. The van der Waals surface area contributed by atoms with Crippen LogP contribution in [-0.4, -0.2) is 36.7 Å². The minimum atomic E-state index is -3.50. The summed E-state index contributed by atoms with van der Waals surface area (Å²) in [5.41, 5.74) is 2.19. The average molecular weight is 428 g/mol. The van der Waals surface area contributed by atoms with Crippen LogP contribution >= 0.6 is 0 Å². The zero-order chi connectivity index (χ0) is 21.7. The first-order chi connectivity index (χ1) is 14.3. The van der Waals surface area contributed by atoms with Crippen LogP contribution in [-0.2, 0) is 14.8 Å². The van der Waals surface area contributed by atoms with Crippen LogP contribution in [0, 0.1) is 0 Å². The molecule has 1 atom stereocenters. The summed E-state index contributed by atoms with van der Waals surface area (Å²) in [5, 5.41) is 2.85. The predicted octanol–water partition coefficient (Wildman–Crippen LogP) is 3.75.